The molecule has 2 aromatic rings. The van der Waals surface area contributed by atoms with E-state index in [4.69, 9.17) is 4.74 Å². The number of hydrogen-bond donors (Lipinski definition) is 0. The second kappa shape index (κ2) is 5.87. The third kappa shape index (κ3) is 2.89. The first-order valence-corrected chi connectivity index (χ1v) is 5.91. The maximum absolute atomic E-state index is 5.71. The van der Waals surface area contributed by atoms with E-state index >= 15 is 0 Å². The Morgan fingerprint density at radius 3 is 2.33 bits per heavy atom. The summed E-state index contributed by atoms with van der Waals surface area (Å²) in [5.74, 6) is 0.868. The summed E-state index contributed by atoms with van der Waals surface area (Å²) in [6, 6.07) is 18.0. The van der Waals surface area contributed by atoms with Crippen LogP contribution in [0, 0.1) is 6.92 Å². The molecule has 0 fully saturated rings. The van der Waals surface area contributed by atoms with Gasteiger partial charge in [-0.3, -0.25) is 0 Å². The molecule has 0 radical (unpaired) electrons. The Labute approximate surface area is 108 Å². The van der Waals surface area contributed by atoms with Crippen molar-refractivity contribution in [3.63, 3.8) is 0 Å². The molecule has 0 saturated heterocycles. The summed E-state index contributed by atoms with van der Waals surface area (Å²) >= 11 is 0. The van der Waals surface area contributed by atoms with E-state index in [-0.39, 0.29) is 0 Å². The lowest BCUT2D eigenvalue weighted by Gasteiger charge is -2.06. The van der Waals surface area contributed by atoms with E-state index in [1.165, 1.54) is 0 Å². The van der Waals surface area contributed by atoms with Gasteiger partial charge in [-0.1, -0.05) is 61.2 Å². The van der Waals surface area contributed by atoms with Crippen molar-refractivity contribution in [3.05, 3.63) is 84.6 Å². The van der Waals surface area contributed by atoms with Crippen molar-refractivity contribution in [2.24, 2.45) is 0 Å². The van der Waals surface area contributed by atoms with Gasteiger partial charge in [0.2, 0.25) is 0 Å². The number of rotatable bonds is 4. The molecule has 0 heterocycles. The van der Waals surface area contributed by atoms with Gasteiger partial charge < -0.3 is 4.74 Å². The van der Waals surface area contributed by atoms with Crippen LogP contribution in [0.5, 0.6) is 5.75 Å². The maximum Gasteiger partial charge on any atom is 0.129 e. The first kappa shape index (κ1) is 12.2. The van der Waals surface area contributed by atoms with Crippen LogP contribution in [0.3, 0.4) is 0 Å². The van der Waals surface area contributed by atoms with Crippen molar-refractivity contribution in [1.82, 2.24) is 0 Å². The number of hydrogen-bond acceptors (Lipinski definition) is 1. The van der Waals surface area contributed by atoms with Crippen LogP contribution in [0.15, 0.2) is 73.5 Å². The Bertz CT molecular complexity index is 553. The topological polar surface area (TPSA) is 9.23 Å². The molecule has 0 amide bonds. The van der Waals surface area contributed by atoms with Gasteiger partial charge in [-0.25, -0.2) is 0 Å². The lowest BCUT2D eigenvalue weighted by atomic mass is 10.1. The van der Waals surface area contributed by atoms with Crippen LogP contribution >= 0.6 is 0 Å². The van der Waals surface area contributed by atoms with Crippen LogP contribution in [0.2, 0.25) is 0 Å². The molecule has 1 nitrogen and oxygen atoms in total. The molecule has 0 spiro atoms. The zero-order valence-electron chi connectivity index (χ0n) is 10.5. The van der Waals surface area contributed by atoms with Crippen LogP contribution < -0.4 is 4.74 Å². The standard InChI is InChI=1S/C17H16O/c1-3-15(16-10-5-4-6-11-16)13-18-17-12-8-7-9-14(17)2/h3-13H,1H2,2H3/b15-13+. The molecule has 0 bridgehead atoms. The van der Waals surface area contributed by atoms with Crippen LogP contribution in [-0.4, -0.2) is 0 Å². The molecule has 90 valence electrons. The largest absolute Gasteiger partial charge is 0.464 e. The predicted molar refractivity (Wildman–Crippen MR) is 76.4 cm³/mol. The molecule has 0 unspecified atom stereocenters. The summed E-state index contributed by atoms with van der Waals surface area (Å²) in [5.41, 5.74) is 3.19. The molecule has 0 atom stereocenters. The molecule has 0 aliphatic heterocycles. The van der Waals surface area contributed by atoms with Crippen molar-refractivity contribution in [3.8, 4) is 5.75 Å². The minimum Gasteiger partial charge on any atom is -0.464 e. The Balaban J connectivity index is 2.22. The number of aryl methyl sites for hydroxylation is 1. The monoisotopic (exact) mass is 236 g/mol. The first-order chi connectivity index (χ1) is 8.81. The fraction of sp³-hybridized carbons (Fsp3) is 0.0588. The summed E-state index contributed by atoms with van der Waals surface area (Å²) in [6.45, 7) is 5.85. The van der Waals surface area contributed by atoms with Crippen LogP contribution in [0.4, 0.5) is 0 Å². The zero-order chi connectivity index (χ0) is 12.8. The van der Waals surface area contributed by atoms with Gasteiger partial charge >= 0.3 is 0 Å². The van der Waals surface area contributed by atoms with E-state index in [1.807, 2.05) is 61.5 Å². The van der Waals surface area contributed by atoms with Gasteiger partial charge in [0.15, 0.2) is 0 Å². The first-order valence-electron chi connectivity index (χ1n) is 5.91. The molecule has 0 aromatic heterocycles. The highest BCUT2D eigenvalue weighted by Crippen LogP contribution is 2.20. The van der Waals surface area contributed by atoms with Crippen molar-refractivity contribution < 1.29 is 4.74 Å². The molecule has 1 heteroatoms. The molecular formula is C17H16O. The minimum atomic E-state index is 0.868. The molecule has 0 N–H and O–H groups in total. The Morgan fingerprint density at radius 2 is 1.67 bits per heavy atom. The quantitative estimate of drug-likeness (QED) is 0.557. The Kier molecular flexibility index (Phi) is 3.98. The molecule has 2 aromatic carbocycles. The highest BCUT2D eigenvalue weighted by atomic mass is 16.5. The van der Waals surface area contributed by atoms with E-state index < -0.39 is 0 Å². The maximum atomic E-state index is 5.71. The Morgan fingerprint density at radius 1 is 1.00 bits per heavy atom. The second-order valence-electron chi connectivity index (χ2n) is 4.03. The smallest absolute Gasteiger partial charge is 0.129 e. The molecule has 18 heavy (non-hydrogen) atoms. The fourth-order valence-electron chi connectivity index (χ4n) is 1.68. The zero-order valence-corrected chi connectivity index (χ0v) is 10.5. The average molecular weight is 236 g/mol. The SMILES string of the molecule is C=C/C(=C\Oc1ccccc1C)c1ccccc1. The van der Waals surface area contributed by atoms with Gasteiger partial charge in [0.25, 0.3) is 0 Å². The van der Waals surface area contributed by atoms with Crippen LogP contribution in [-0.2, 0) is 0 Å². The molecule has 0 aliphatic rings. The highest BCUT2D eigenvalue weighted by molar-refractivity contribution is 5.72. The van der Waals surface area contributed by atoms with E-state index in [9.17, 15) is 0 Å². The highest BCUT2D eigenvalue weighted by Gasteiger charge is 1.99. The van der Waals surface area contributed by atoms with E-state index in [1.54, 1.807) is 12.3 Å². The number of benzene rings is 2. The summed E-state index contributed by atoms with van der Waals surface area (Å²) in [7, 11) is 0. The second-order valence-corrected chi connectivity index (χ2v) is 4.03. The molecule has 0 saturated carbocycles. The summed E-state index contributed by atoms with van der Waals surface area (Å²) in [5, 5.41) is 0. The van der Waals surface area contributed by atoms with Crippen molar-refractivity contribution >= 4 is 5.57 Å². The van der Waals surface area contributed by atoms with Gasteiger partial charge in [0, 0.05) is 5.57 Å². The van der Waals surface area contributed by atoms with Gasteiger partial charge in [-0.05, 0) is 24.1 Å². The molecule has 2 rings (SSSR count). The summed E-state index contributed by atoms with van der Waals surface area (Å²) < 4.78 is 5.71. The van der Waals surface area contributed by atoms with Gasteiger partial charge in [-0.2, -0.15) is 0 Å². The van der Waals surface area contributed by atoms with Crippen molar-refractivity contribution in [1.29, 1.82) is 0 Å². The molecule has 0 aliphatic carbocycles. The van der Waals surface area contributed by atoms with Crippen molar-refractivity contribution in [2.75, 3.05) is 0 Å². The summed E-state index contributed by atoms with van der Waals surface area (Å²) in [6.07, 6.45) is 3.54. The van der Waals surface area contributed by atoms with Crippen molar-refractivity contribution in [2.45, 2.75) is 6.92 Å². The van der Waals surface area contributed by atoms with E-state index in [2.05, 4.69) is 6.58 Å². The van der Waals surface area contributed by atoms with Crippen LogP contribution in [0.25, 0.3) is 5.57 Å². The van der Waals surface area contributed by atoms with Gasteiger partial charge in [0.1, 0.15) is 5.75 Å². The number of allylic oxidation sites excluding steroid dienone is 2. The van der Waals surface area contributed by atoms with E-state index in [0.29, 0.717) is 0 Å². The number of para-hydroxylation sites is 1. The third-order valence-corrected chi connectivity index (χ3v) is 2.73. The van der Waals surface area contributed by atoms with Crippen LogP contribution in [0.1, 0.15) is 11.1 Å². The third-order valence-electron chi connectivity index (χ3n) is 2.73. The van der Waals surface area contributed by atoms with Gasteiger partial charge in [0.05, 0.1) is 6.26 Å². The summed E-state index contributed by atoms with van der Waals surface area (Å²) in [4.78, 5) is 0. The predicted octanol–water partition coefficient (Wildman–Crippen LogP) is 4.60. The van der Waals surface area contributed by atoms with Gasteiger partial charge in [-0.15, -0.1) is 0 Å². The minimum absolute atomic E-state index is 0.868. The van der Waals surface area contributed by atoms with E-state index in [0.717, 1.165) is 22.4 Å². The lowest BCUT2D eigenvalue weighted by molar-refractivity contribution is 0.480. The fourth-order valence-corrected chi connectivity index (χ4v) is 1.68. The Hall–Kier alpha value is -2.28. The lowest BCUT2D eigenvalue weighted by Crippen LogP contribution is -1.88. The number of ether oxygens (including phenoxy) is 1. The molecular weight excluding hydrogens is 220 g/mol. The average Bonchev–Trinajstić information content (AvgIpc) is 2.42. The normalized spacial score (nSPS) is 11.1.